The number of benzene rings is 2. The smallest absolute Gasteiger partial charge is 0.266 e. The van der Waals surface area contributed by atoms with Crippen LogP contribution < -0.4 is 15.8 Å². The molecule has 3 N–H and O–H groups in total. The van der Waals surface area contributed by atoms with Crippen molar-refractivity contribution in [1.29, 1.82) is 0 Å². The number of rotatable bonds is 3. The third-order valence-electron chi connectivity index (χ3n) is 5.71. The Hall–Kier alpha value is -2.50. The standard InChI is InChI=1S/C22H26N4O/c1-15-8-10-18(11-9-15)26-21(17(3)25-13-12-23-16(2)14-25)24-20-7-5-4-6-19(20)22(26)27/h4-11,16-17,23H,12-14H2,1-3H3/p+2/t16-,17+/m1/s1. The number of nitrogens with zero attached hydrogens (tertiary/aromatic N) is 2. The summed E-state index contributed by atoms with van der Waals surface area (Å²) in [6, 6.07) is 16.5. The van der Waals surface area contributed by atoms with E-state index in [1.165, 1.54) is 10.5 Å². The lowest BCUT2D eigenvalue weighted by Gasteiger charge is -2.31. The van der Waals surface area contributed by atoms with E-state index in [4.69, 9.17) is 4.98 Å². The highest BCUT2D eigenvalue weighted by molar-refractivity contribution is 5.77. The van der Waals surface area contributed by atoms with Crippen LogP contribution in [0.15, 0.2) is 53.3 Å². The minimum Gasteiger partial charge on any atom is -0.335 e. The third-order valence-corrected chi connectivity index (χ3v) is 5.71. The Morgan fingerprint density at radius 3 is 2.67 bits per heavy atom. The van der Waals surface area contributed by atoms with Crippen molar-refractivity contribution >= 4 is 10.9 Å². The molecule has 4 rings (SSSR count). The van der Waals surface area contributed by atoms with E-state index >= 15 is 0 Å². The molecule has 0 spiro atoms. The molecule has 5 nitrogen and oxygen atoms in total. The number of para-hydroxylation sites is 1. The second-order valence-corrected chi connectivity index (χ2v) is 7.80. The number of aryl methyl sites for hydroxylation is 1. The molecule has 1 unspecified atom stereocenters. The number of quaternary nitrogens is 2. The van der Waals surface area contributed by atoms with Crippen molar-refractivity contribution in [1.82, 2.24) is 9.55 Å². The molecule has 1 aliphatic rings. The Balaban J connectivity index is 1.91. The number of nitrogens with one attached hydrogen (secondary N) is 1. The zero-order valence-electron chi connectivity index (χ0n) is 16.3. The first-order chi connectivity index (χ1) is 13.0. The fourth-order valence-electron chi connectivity index (χ4n) is 4.11. The lowest BCUT2D eigenvalue weighted by atomic mass is 10.1. The van der Waals surface area contributed by atoms with Gasteiger partial charge in [-0.3, -0.25) is 9.36 Å². The fraction of sp³-hybridized carbons (Fsp3) is 0.364. The third kappa shape index (κ3) is 3.40. The van der Waals surface area contributed by atoms with E-state index in [2.05, 4.69) is 38.2 Å². The Bertz CT molecular complexity index is 1010. The van der Waals surface area contributed by atoms with E-state index in [1.54, 1.807) is 0 Å². The Morgan fingerprint density at radius 1 is 1.19 bits per heavy atom. The maximum atomic E-state index is 13.4. The number of piperazine rings is 1. The molecule has 3 atom stereocenters. The average molecular weight is 364 g/mol. The van der Waals surface area contributed by atoms with Crippen molar-refractivity contribution in [3.63, 3.8) is 0 Å². The van der Waals surface area contributed by atoms with Gasteiger partial charge in [0.2, 0.25) is 0 Å². The van der Waals surface area contributed by atoms with Gasteiger partial charge in [-0.25, -0.2) is 4.98 Å². The summed E-state index contributed by atoms with van der Waals surface area (Å²) in [5, 5.41) is 3.07. The molecule has 27 heavy (non-hydrogen) atoms. The highest BCUT2D eigenvalue weighted by atomic mass is 16.1. The van der Waals surface area contributed by atoms with Gasteiger partial charge in [0, 0.05) is 0 Å². The van der Waals surface area contributed by atoms with Crippen LogP contribution in [0.4, 0.5) is 0 Å². The number of hydrogen-bond donors (Lipinski definition) is 2. The minimum atomic E-state index is 0.0160. The van der Waals surface area contributed by atoms with E-state index in [0.29, 0.717) is 11.4 Å². The minimum absolute atomic E-state index is 0.0160. The molecule has 0 bridgehead atoms. The molecule has 1 fully saturated rings. The van der Waals surface area contributed by atoms with Crippen molar-refractivity contribution in [2.24, 2.45) is 0 Å². The van der Waals surface area contributed by atoms with E-state index in [-0.39, 0.29) is 11.6 Å². The summed E-state index contributed by atoms with van der Waals surface area (Å²) in [7, 11) is 0. The molecular weight excluding hydrogens is 336 g/mol. The Kier molecular flexibility index (Phi) is 4.81. The first-order valence-corrected chi connectivity index (χ1v) is 9.81. The van der Waals surface area contributed by atoms with Crippen LogP contribution in [0, 0.1) is 6.92 Å². The normalized spacial score (nSPS) is 21.3. The molecule has 3 aromatic rings. The quantitative estimate of drug-likeness (QED) is 0.715. The fourth-order valence-corrected chi connectivity index (χ4v) is 4.11. The summed E-state index contributed by atoms with van der Waals surface area (Å²) in [4.78, 5) is 19.9. The topological polar surface area (TPSA) is 55.9 Å². The number of hydrogen-bond acceptors (Lipinski definition) is 2. The zero-order chi connectivity index (χ0) is 19.0. The zero-order valence-corrected chi connectivity index (χ0v) is 16.3. The number of nitrogens with two attached hydrogens (primary N) is 1. The van der Waals surface area contributed by atoms with Gasteiger partial charge < -0.3 is 10.2 Å². The molecular formula is C22H28N4O+2. The van der Waals surface area contributed by atoms with Gasteiger partial charge in [-0.05, 0) is 45.0 Å². The van der Waals surface area contributed by atoms with Gasteiger partial charge >= 0.3 is 0 Å². The van der Waals surface area contributed by atoms with E-state index in [0.717, 1.165) is 36.7 Å². The van der Waals surface area contributed by atoms with E-state index in [9.17, 15) is 4.79 Å². The highest BCUT2D eigenvalue weighted by Gasteiger charge is 2.31. The second kappa shape index (κ2) is 7.25. The van der Waals surface area contributed by atoms with Crippen LogP contribution in [0.1, 0.15) is 31.3 Å². The van der Waals surface area contributed by atoms with Crippen molar-refractivity contribution in [3.8, 4) is 5.69 Å². The SMILES string of the molecule is Cc1ccc(-n2c([C@H](C)[NH+]3CC[NH2+][C@H](C)C3)nc3ccccc3c2=O)cc1. The molecule has 0 amide bonds. The van der Waals surface area contributed by atoms with Gasteiger partial charge in [0.1, 0.15) is 31.7 Å². The maximum absolute atomic E-state index is 13.4. The molecule has 1 aromatic heterocycles. The number of fused-ring (bicyclic) bond motifs is 1. The van der Waals surface area contributed by atoms with Crippen molar-refractivity contribution in [2.45, 2.75) is 32.9 Å². The summed E-state index contributed by atoms with van der Waals surface area (Å²) in [6.45, 7) is 9.81. The van der Waals surface area contributed by atoms with Crippen LogP contribution >= 0.6 is 0 Å². The summed E-state index contributed by atoms with van der Waals surface area (Å²) in [6.07, 6.45) is 0. The van der Waals surface area contributed by atoms with Crippen LogP contribution in [0.3, 0.4) is 0 Å². The summed E-state index contributed by atoms with van der Waals surface area (Å²) >= 11 is 0. The highest BCUT2D eigenvalue weighted by Crippen LogP contribution is 2.17. The van der Waals surface area contributed by atoms with Gasteiger partial charge in [-0.1, -0.05) is 29.8 Å². The Labute approximate surface area is 159 Å². The van der Waals surface area contributed by atoms with Crippen molar-refractivity contribution in [2.75, 3.05) is 19.6 Å². The predicted octanol–water partition coefficient (Wildman–Crippen LogP) is 0.606. The van der Waals surface area contributed by atoms with Crippen LogP contribution in [-0.2, 0) is 0 Å². The summed E-state index contributed by atoms with van der Waals surface area (Å²) < 4.78 is 1.82. The van der Waals surface area contributed by atoms with Crippen LogP contribution in [0.2, 0.25) is 0 Å². The lowest BCUT2D eigenvalue weighted by molar-refractivity contribution is -0.979. The molecule has 2 heterocycles. The average Bonchev–Trinajstić information content (AvgIpc) is 2.68. The Morgan fingerprint density at radius 2 is 1.93 bits per heavy atom. The van der Waals surface area contributed by atoms with Crippen LogP contribution in [0.25, 0.3) is 16.6 Å². The van der Waals surface area contributed by atoms with Crippen molar-refractivity contribution < 1.29 is 10.2 Å². The van der Waals surface area contributed by atoms with Crippen molar-refractivity contribution in [3.05, 3.63) is 70.3 Å². The van der Waals surface area contributed by atoms with Gasteiger partial charge in [-0.15, -0.1) is 0 Å². The maximum Gasteiger partial charge on any atom is 0.266 e. The molecule has 0 saturated carbocycles. The van der Waals surface area contributed by atoms with Gasteiger partial charge in [-0.2, -0.15) is 0 Å². The summed E-state index contributed by atoms with van der Waals surface area (Å²) in [5.41, 5.74) is 2.87. The molecule has 5 heteroatoms. The van der Waals surface area contributed by atoms with E-state index < -0.39 is 0 Å². The monoisotopic (exact) mass is 364 g/mol. The first-order valence-electron chi connectivity index (χ1n) is 9.81. The molecule has 2 aromatic carbocycles. The molecule has 140 valence electrons. The molecule has 1 aliphatic heterocycles. The molecule has 1 saturated heterocycles. The van der Waals surface area contributed by atoms with Gasteiger partial charge in [0.05, 0.1) is 16.6 Å². The molecule has 0 aliphatic carbocycles. The largest absolute Gasteiger partial charge is 0.335 e. The van der Waals surface area contributed by atoms with E-state index in [1.807, 2.05) is 41.0 Å². The van der Waals surface area contributed by atoms with Crippen LogP contribution in [-0.4, -0.2) is 35.2 Å². The predicted molar refractivity (Wildman–Crippen MR) is 107 cm³/mol. The second-order valence-electron chi connectivity index (χ2n) is 7.80. The first kappa shape index (κ1) is 17.9. The van der Waals surface area contributed by atoms with Gasteiger partial charge in [0.15, 0.2) is 5.82 Å². The molecule has 0 radical (unpaired) electrons. The lowest BCUT2D eigenvalue weighted by Crippen LogP contribution is -3.22. The summed E-state index contributed by atoms with van der Waals surface area (Å²) in [5.74, 6) is 0.853. The van der Waals surface area contributed by atoms with Crippen LogP contribution in [0.5, 0.6) is 0 Å². The number of aromatic nitrogens is 2. The van der Waals surface area contributed by atoms with Gasteiger partial charge in [0.25, 0.3) is 5.56 Å².